The van der Waals surface area contributed by atoms with Gasteiger partial charge in [-0.3, -0.25) is 0 Å². The van der Waals surface area contributed by atoms with Crippen LogP contribution in [0.4, 0.5) is 0 Å². The van der Waals surface area contributed by atoms with Crippen LogP contribution in [-0.2, 0) is 0 Å². The first kappa shape index (κ1) is 11.5. The molecule has 0 bridgehead atoms. The maximum absolute atomic E-state index is 4.55. The average Bonchev–Trinajstić information content (AvgIpc) is 2.89. The topological polar surface area (TPSA) is 29.9 Å². The number of aryl methyl sites for hydroxylation is 1. The van der Waals surface area contributed by atoms with Gasteiger partial charge in [0.1, 0.15) is 5.82 Å². The quantitative estimate of drug-likeness (QED) is 0.876. The lowest BCUT2D eigenvalue weighted by Crippen LogP contribution is -2.29. The standard InChI is InChI=1S/C15H19N3/c1-12-3-2-4-13(11-12)15-17-9-10-18(15)14-5-7-16-8-6-14/h2-4,9-11,14,16H,5-8H2,1H3. The zero-order valence-corrected chi connectivity index (χ0v) is 10.8. The van der Waals surface area contributed by atoms with Crippen LogP contribution in [0.15, 0.2) is 36.7 Å². The van der Waals surface area contributed by atoms with Crippen LogP contribution in [0.1, 0.15) is 24.4 Å². The second kappa shape index (κ2) is 4.94. The predicted molar refractivity (Wildman–Crippen MR) is 73.5 cm³/mol. The minimum absolute atomic E-state index is 0.587. The zero-order chi connectivity index (χ0) is 12.4. The monoisotopic (exact) mass is 241 g/mol. The molecule has 94 valence electrons. The van der Waals surface area contributed by atoms with Crippen molar-refractivity contribution in [3.05, 3.63) is 42.2 Å². The molecule has 0 amide bonds. The van der Waals surface area contributed by atoms with Gasteiger partial charge in [0.2, 0.25) is 0 Å². The molecule has 0 spiro atoms. The molecular formula is C15H19N3. The van der Waals surface area contributed by atoms with Gasteiger partial charge in [0.25, 0.3) is 0 Å². The predicted octanol–water partition coefficient (Wildman–Crippen LogP) is 2.78. The summed E-state index contributed by atoms with van der Waals surface area (Å²) in [5, 5.41) is 3.41. The second-order valence-electron chi connectivity index (χ2n) is 5.01. The number of nitrogens with one attached hydrogen (secondary N) is 1. The van der Waals surface area contributed by atoms with Crippen molar-refractivity contribution in [2.75, 3.05) is 13.1 Å². The van der Waals surface area contributed by atoms with Crippen LogP contribution in [0.5, 0.6) is 0 Å². The van der Waals surface area contributed by atoms with E-state index in [0.717, 1.165) is 18.9 Å². The Labute approximate surface area is 108 Å². The van der Waals surface area contributed by atoms with Crippen LogP contribution in [0, 0.1) is 6.92 Å². The van der Waals surface area contributed by atoms with Crippen molar-refractivity contribution < 1.29 is 0 Å². The number of benzene rings is 1. The van der Waals surface area contributed by atoms with E-state index in [0.29, 0.717) is 6.04 Å². The third-order valence-electron chi connectivity index (χ3n) is 3.65. The van der Waals surface area contributed by atoms with E-state index in [1.165, 1.54) is 24.0 Å². The lowest BCUT2D eigenvalue weighted by atomic mass is 10.1. The molecule has 0 radical (unpaired) electrons. The molecule has 3 heteroatoms. The summed E-state index contributed by atoms with van der Waals surface area (Å²) in [4.78, 5) is 4.55. The van der Waals surface area contributed by atoms with E-state index in [-0.39, 0.29) is 0 Å². The fraction of sp³-hybridized carbons (Fsp3) is 0.400. The largest absolute Gasteiger partial charge is 0.328 e. The fourth-order valence-corrected chi connectivity index (χ4v) is 2.70. The second-order valence-corrected chi connectivity index (χ2v) is 5.01. The van der Waals surface area contributed by atoms with Gasteiger partial charge >= 0.3 is 0 Å². The van der Waals surface area contributed by atoms with E-state index >= 15 is 0 Å². The minimum atomic E-state index is 0.587. The summed E-state index contributed by atoms with van der Waals surface area (Å²) < 4.78 is 2.34. The van der Waals surface area contributed by atoms with Gasteiger partial charge in [-0.1, -0.05) is 23.8 Å². The molecule has 0 atom stereocenters. The summed E-state index contributed by atoms with van der Waals surface area (Å²) in [5.41, 5.74) is 2.51. The van der Waals surface area contributed by atoms with Crippen LogP contribution in [0.2, 0.25) is 0 Å². The smallest absolute Gasteiger partial charge is 0.140 e. The molecule has 3 nitrogen and oxygen atoms in total. The number of imidazole rings is 1. The summed E-state index contributed by atoms with van der Waals surface area (Å²) in [6.45, 7) is 4.34. The number of hydrogen-bond donors (Lipinski definition) is 1. The summed E-state index contributed by atoms with van der Waals surface area (Å²) in [5.74, 6) is 1.10. The molecule has 1 aromatic carbocycles. The minimum Gasteiger partial charge on any atom is -0.328 e. The maximum atomic E-state index is 4.55. The van der Waals surface area contributed by atoms with E-state index in [9.17, 15) is 0 Å². The first-order valence-electron chi connectivity index (χ1n) is 6.65. The molecule has 0 unspecified atom stereocenters. The van der Waals surface area contributed by atoms with Gasteiger partial charge in [0.05, 0.1) is 0 Å². The van der Waals surface area contributed by atoms with E-state index in [1.807, 2.05) is 6.20 Å². The van der Waals surface area contributed by atoms with Crippen molar-refractivity contribution in [2.45, 2.75) is 25.8 Å². The highest BCUT2D eigenvalue weighted by Gasteiger charge is 2.18. The van der Waals surface area contributed by atoms with Crippen molar-refractivity contribution in [1.29, 1.82) is 0 Å². The molecule has 2 heterocycles. The highest BCUT2D eigenvalue weighted by molar-refractivity contribution is 5.56. The summed E-state index contributed by atoms with van der Waals surface area (Å²) in [6, 6.07) is 9.17. The lowest BCUT2D eigenvalue weighted by Gasteiger charge is -2.25. The summed E-state index contributed by atoms with van der Waals surface area (Å²) in [6.07, 6.45) is 6.41. The summed E-state index contributed by atoms with van der Waals surface area (Å²) in [7, 11) is 0. The molecular weight excluding hydrogens is 222 g/mol. The Morgan fingerprint density at radius 3 is 2.89 bits per heavy atom. The van der Waals surface area contributed by atoms with Gasteiger partial charge in [-0.05, 0) is 38.9 Å². The van der Waals surface area contributed by atoms with Crippen LogP contribution >= 0.6 is 0 Å². The fourth-order valence-electron chi connectivity index (χ4n) is 2.70. The molecule has 1 aliphatic heterocycles. The third kappa shape index (κ3) is 2.18. The number of aromatic nitrogens is 2. The number of nitrogens with zero attached hydrogens (tertiary/aromatic N) is 2. The van der Waals surface area contributed by atoms with Crippen molar-refractivity contribution >= 4 is 0 Å². The molecule has 0 saturated carbocycles. The van der Waals surface area contributed by atoms with Crippen LogP contribution in [0.3, 0.4) is 0 Å². The van der Waals surface area contributed by atoms with E-state index in [2.05, 4.69) is 52.3 Å². The van der Waals surface area contributed by atoms with Crippen molar-refractivity contribution in [3.8, 4) is 11.4 Å². The molecule has 3 rings (SSSR count). The van der Waals surface area contributed by atoms with Crippen molar-refractivity contribution in [3.63, 3.8) is 0 Å². The molecule has 1 saturated heterocycles. The van der Waals surface area contributed by atoms with Crippen molar-refractivity contribution in [1.82, 2.24) is 14.9 Å². The Morgan fingerprint density at radius 1 is 1.28 bits per heavy atom. The maximum Gasteiger partial charge on any atom is 0.140 e. The number of piperidine rings is 1. The molecule has 1 fully saturated rings. The highest BCUT2D eigenvalue weighted by Crippen LogP contribution is 2.26. The van der Waals surface area contributed by atoms with E-state index in [1.54, 1.807) is 0 Å². The van der Waals surface area contributed by atoms with E-state index < -0.39 is 0 Å². The molecule has 18 heavy (non-hydrogen) atoms. The average molecular weight is 241 g/mol. The first-order valence-corrected chi connectivity index (χ1v) is 6.65. The lowest BCUT2D eigenvalue weighted by molar-refractivity contribution is 0.370. The normalized spacial score (nSPS) is 16.9. The van der Waals surface area contributed by atoms with Crippen LogP contribution in [0.25, 0.3) is 11.4 Å². The van der Waals surface area contributed by atoms with Gasteiger partial charge in [-0.25, -0.2) is 4.98 Å². The van der Waals surface area contributed by atoms with Gasteiger partial charge in [-0.2, -0.15) is 0 Å². The third-order valence-corrected chi connectivity index (χ3v) is 3.65. The van der Waals surface area contributed by atoms with Gasteiger partial charge in [-0.15, -0.1) is 0 Å². The highest BCUT2D eigenvalue weighted by atomic mass is 15.1. The van der Waals surface area contributed by atoms with Gasteiger partial charge in [0, 0.05) is 24.0 Å². The van der Waals surface area contributed by atoms with Crippen LogP contribution < -0.4 is 5.32 Å². The van der Waals surface area contributed by atoms with E-state index in [4.69, 9.17) is 0 Å². The Morgan fingerprint density at radius 2 is 2.11 bits per heavy atom. The Kier molecular flexibility index (Phi) is 3.15. The molecule has 1 aromatic heterocycles. The summed E-state index contributed by atoms with van der Waals surface area (Å²) >= 11 is 0. The zero-order valence-electron chi connectivity index (χ0n) is 10.8. The Balaban J connectivity index is 1.95. The first-order chi connectivity index (χ1) is 8.84. The molecule has 0 aliphatic carbocycles. The Hall–Kier alpha value is -1.61. The SMILES string of the molecule is Cc1cccc(-c2nccn2C2CCNCC2)c1. The molecule has 2 aromatic rings. The molecule has 1 aliphatic rings. The van der Waals surface area contributed by atoms with Crippen LogP contribution in [-0.4, -0.2) is 22.6 Å². The van der Waals surface area contributed by atoms with Crippen molar-refractivity contribution in [2.24, 2.45) is 0 Å². The molecule has 1 N–H and O–H groups in total. The number of rotatable bonds is 2. The Bertz CT molecular complexity index is 524. The van der Waals surface area contributed by atoms with Gasteiger partial charge < -0.3 is 9.88 Å². The number of hydrogen-bond acceptors (Lipinski definition) is 2. The van der Waals surface area contributed by atoms with Gasteiger partial charge in [0.15, 0.2) is 0 Å².